The Morgan fingerprint density at radius 2 is 2.07 bits per heavy atom. The third-order valence-corrected chi connectivity index (χ3v) is 2.63. The van der Waals surface area contributed by atoms with Gasteiger partial charge in [0, 0.05) is 6.42 Å². The van der Waals surface area contributed by atoms with Crippen molar-refractivity contribution in [1.29, 1.82) is 0 Å². The topological polar surface area (TPSA) is 35.5 Å². The van der Waals surface area contributed by atoms with Crippen molar-refractivity contribution >= 4 is 22.2 Å². The number of hydrogen-bond donors (Lipinski definition) is 0. The van der Waals surface area contributed by atoms with Crippen molar-refractivity contribution in [3.05, 3.63) is 22.2 Å². The van der Waals surface area contributed by atoms with Gasteiger partial charge in [0.25, 0.3) is 0 Å². The van der Waals surface area contributed by atoms with E-state index in [4.69, 9.17) is 9.47 Å². The highest BCUT2D eigenvalue weighted by atomic mass is 79.9. The highest BCUT2D eigenvalue weighted by molar-refractivity contribution is 9.10. The SMILES string of the molecule is COc1cc(CCC=O)cc(Br)c1OC. The Morgan fingerprint density at radius 3 is 2.60 bits per heavy atom. The van der Waals surface area contributed by atoms with E-state index < -0.39 is 0 Å². The second-order valence-corrected chi connectivity index (χ2v) is 3.87. The van der Waals surface area contributed by atoms with E-state index in [0.717, 1.165) is 16.3 Å². The number of halogens is 1. The first-order valence-corrected chi connectivity index (χ1v) is 5.36. The lowest BCUT2D eigenvalue weighted by Gasteiger charge is -2.11. The van der Waals surface area contributed by atoms with E-state index >= 15 is 0 Å². The predicted octanol–water partition coefficient (Wildman–Crippen LogP) is 2.60. The lowest BCUT2D eigenvalue weighted by molar-refractivity contribution is -0.107. The van der Waals surface area contributed by atoms with E-state index in [1.807, 2.05) is 12.1 Å². The van der Waals surface area contributed by atoms with E-state index in [1.165, 1.54) is 0 Å². The van der Waals surface area contributed by atoms with Crippen molar-refractivity contribution < 1.29 is 14.3 Å². The molecule has 0 heterocycles. The zero-order chi connectivity index (χ0) is 11.3. The van der Waals surface area contributed by atoms with Crippen molar-refractivity contribution in [3.63, 3.8) is 0 Å². The molecule has 4 heteroatoms. The van der Waals surface area contributed by atoms with Crippen LogP contribution >= 0.6 is 15.9 Å². The zero-order valence-electron chi connectivity index (χ0n) is 8.75. The maximum absolute atomic E-state index is 10.3. The van der Waals surface area contributed by atoms with Gasteiger partial charge in [-0.15, -0.1) is 0 Å². The number of hydrogen-bond acceptors (Lipinski definition) is 3. The highest BCUT2D eigenvalue weighted by Crippen LogP contribution is 2.36. The average molecular weight is 273 g/mol. The molecule has 0 radical (unpaired) electrons. The molecule has 0 N–H and O–H groups in total. The standard InChI is InChI=1S/C11H13BrO3/c1-14-10-7-8(4-3-5-13)6-9(12)11(10)15-2/h5-7H,3-4H2,1-2H3. The summed E-state index contributed by atoms with van der Waals surface area (Å²) in [5, 5.41) is 0. The Balaban J connectivity index is 3.02. The van der Waals surface area contributed by atoms with Crippen LogP contribution in [0, 0.1) is 0 Å². The molecule has 1 aromatic carbocycles. The molecular weight excluding hydrogens is 260 g/mol. The minimum atomic E-state index is 0.516. The van der Waals surface area contributed by atoms with Crippen LogP contribution < -0.4 is 9.47 Å². The molecule has 3 nitrogen and oxygen atoms in total. The smallest absolute Gasteiger partial charge is 0.174 e. The van der Waals surface area contributed by atoms with Crippen molar-refractivity contribution in [2.24, 2.45) is 0 Å². The van der Waals surface area contributed by atoms with Gasteiger partial charge in [-0.3, -0.25) is 0 Å². The maximum Gasteiger partial charge on any atom is 0.174 e. The normalized spacial score (nSPS) is 9.80. The van der Waals surface area contributed by atoms with Crippen molar-refractivity contribution in [1.82, 2.24) is 0 Å². The maximum atomic E-state index is 10.3. The van der Waals surface area contributed by atoms with Crippen LogP contribution in [0.15, 0.2) is 16.6 Å². The van der Waals surface area contributed by atoms with Crippen LogP contribution in [0.3, 0.4) is 0 Å². The fraction of sp³-hybridized carbons (Fsp3) is 0.364. The molecule has 0 aromatic heterocycles. The molecule has 0 amide bonds. The molecular formula is C11H13BrO3. The van der Waals surface area contributed by atoms with E-state index in [9.17, 15) is 4.79 Å². The number of carbonyl (C=O) groups excluding carboxylic acids is 1. The molecule has 82 valence electrons. The van der Waals surface area contributed by atoms with Gasteiger partial charge >= 0.3 is 0 Å². The van der Waals surface area contributed by atoms with Crippen LogP contribution in [0.1, 0.15) is 12.0 Å². The summed E-state index contributed by atoms with van der Waals surface area (Å²) in [5.74, 6) is 1.35. The van der Waals surface area contributed by atoms with Gasteiger partial charge in [0.05, 0.1) is 18.7 Å². The minimum absolute atomic E-state index is 0.516. The molecule has 1 rings (SSSR count). The van der Waals surface area contributed by atoms with Crippen LogP contribution in [0.25, 0.3) is 0 Å². The zero-order valence-corrected chi connectivity index (χ0v) is 10.3. The second kappa shape index (κ2) is 5.75. The summed E-state index contributed by atoms with van der Waals surface area (Å²) >= 11 is 3.40. The predicted molar refractivity (Wildman–Crippen MR) is 61.6 cm³/mol. The molecule has 0 fully saturated rings. The number of benzene rings is 1. The fourth-order valence-corrected chi connectivity index (χ4v) is 1.99. The number of methoxy groups -OCH3 is 2. The monoisotopic (exact) mass is 272 g/mol. The van der Waals surface area contributed by atoms with Crippen molar-refractivity contribution in [3.8, 4) is 11.5 Å². The minimum Gasteiger partial charge on any atom is -0.493 e. The van der Waals surface area contributed by atoms with Crippen LogP contribution in [0.5, 0.6) is 11.5 Å². The first-order chi connectivity index (χ1) is 7.22. The van der Waals surface area contributed by atoms with Gasteiger partial charge in [0.15, 0.2) is 11.5 Å². The molecule has 0 spiro atoms. The summed E-state index contributed by atoms with van der Waals surface area (Å²) in [5.41, 5.74) is 1.05. The van der Waals surface area contributed by atoms with E-state index in [0.29, 0.717) is 24.3 Å². The summed E-state index contributed by atoms with van der Waals surface area (Å²) in [6.45, 7) is 0. The first kappa shape index (κ1) is 12.0. The molecule has 0 atom stereocenters. The molecule has 0 aliphatic heterocycles. The molecule has 1 aromatic rings. The van der Waals surface area contributed by atoms with Gasteiger partial charge in [-0.05, 0) is 40.0 Å². The number of aldehydes is 1. The van der Waals surface area contributed by atoms with E-state index in [2.05, 4.69) is 15.9 Å². The Kier molecular flexibility index (Phi) is 4.62. The molecule has 0 unspecified atom stereocenters. The first-order valence-electron chi connectivity index (χ1n) is 4.57. The Bertz CT molecular complexity index is 350. The summed E-state index contributed by atoms with van der Waals surface area (Å²) in [4.78, 5) is 10.3. The average Bonchev–Trinajstić information content (AvgIpc) is 2.25. The van der Waals surface area contributed by atoms with E-state index in [-0.39, 0.29) is 0 Å². The van der Waals surface area contributed by atoms with Gasteiger partial charge in [0.2, 0.25) is 0 Å². The summed E-state index contributed by atoms with van der Waals surface area (Å²) in [6.07, 6.45) is 2.13. The van der Waals surface area contributed by atoms with Gasteiger partial charge in [0.1, 0.15) is 6.29 Å². The van der Waals surface area contributed by atoms with E-state index in [1.54, 1.807) is 14.2 Å². The third-order valence-electron chi connectivity index (χ3n) is 2.04. The highest BCUT2D eigenvalue weighted by Gasteiger charge is 2.09. The molecule has 0 saturated heterocycles. The summed E-state index contributed by atoms with van der Waals surface area (Å²) in [6, 6.07) is 3.82. The van der Waals surface area contributed by atoms with Gasteiger partial charge in [-0.1, -0.05) is 0 Å². The fourth-order valence-electron chi connectivity index (χ4n) is 1.34. The Morgan fingerprint density at radius 1 is 1.33 bits per heavy atom. The van der Waals surface area contributed by atoms with Crippen LogP contribution in [-0.2, 0) is 11.2 Å². The molecule has 0 bridgehead atoms. The number of ether oxygens (including phenoxy) is 2. The number of rotatable bonds is 5. The van der Waals surface area contributed by atoms with Crippen LogP contribution in [0.4, 0.5) is 0 Å². The van der Waals surface area contributed by atoms with Crippen LogP contribution in [-0.4, -0.2) is 20.5 Å². The third kappa shape index (κ3) is 2.96. The summed E-state index contributed by atoms with van der Waals surface area (Å²) in [7, 11) is 3.18. The number of carbonyl (C=O) groups is 1. The summed E-state index contributed by atoms with van der Waals surface area (Å²) < 4.78 is 11.2. The van der Waals surface area contributed by atoms with Crippen LogP contribution in [0.2, 0.25) is 0 Å². The Hall–Kier alpha value is -1.03. The van der Waals surface area contributed by atoms with Crippen molar-refractivity contribution in [2.45, 2.75) is 12.8 Å². The lowest BCUT2D eigenvalue weighted by atomic mass is 10.1. The van der Waals surface area contributed by atoms with Gasteiger partial charge in [-0.2, -0.15) is 0 Å². The molecule has 0 saturated carbocycles. The van der Waals surface area contributed by atoms with Crippen molar-refractivity contribution in [2.75, 3.05) is 14.2 Å². The second-order valence-electron chi connectivity index (χ2n) is 3.02. The largest absolute Gasteiger partial charge is 0.493 e. The Labute approximate surface area is 97.5 Å². The van der Waals surface area contributed by atoms with Gasteiger partial charge < -0.3 is 14.3 Å². The lowest BCUT2D eigenvalue weighted by Crippen LogP contribution is -1.94. The molecule has 0 aliphatic carbocycles. The molecule has 0 aliphatic rings. The molecule has 15 heavy (non-hydrogen) atoms. The number of aryl methyl sites for hydroxylation is 1. The quantitative estimate of drug-likeness (QED) is 0.773. The van der Waals surface area contributed by atoms with Gasteiger partial charge in [-0.25, -0.2) is 0 Å².